The first-order valence-corrected chi connectivity index (χ1v) is 5.83. The fraction of sp³-hybridized carbons (Fsp3) is 0. The molecule has 0 saturated carbocycles. The zero-order chi connectivity index (χ0) is 14.3. The van der Waals surface area contributed by atoms with Gasteiger partial charge in [0, 0.05) is 12.1 Å². The van der Waals surface area contributed by atoms with Crippen molar-refractivity contribution < 1.29 is 24.9 Å². The van der Waals surface area contributed by atoms with Gasteiger partial charge in [-0.3, -0.25) is 4.79 Å². The maximum Gasteiger partial charge on any atom is 0.231 e. The van der Waals surface area contributed by atoms with Crippen LogP contribution in [0.4, 0.5) is 0 Å². The van der Waals surface area contributed by atoms with Gasteiger partial charge in [0.15, 0.2) is 5.76 Å². The SMILES string of the molecule is O=C1/C(=C/c2cc(O)cc(O)c2)Oc2cc(O)ccc21. The van der Waals surface area contributed by atoms with Crippen molar-refractivity contribution in [3.8, 4) is 23.0 Å². The maximum atomic E-state index is 12.1. The summed E-state index contributed by atoms with van der Waals surface area (Å²) in [5.74, 6) is -0.188. The fourth-order valence-electron chi connectivity index (χ4n) is 2.03. The van der Waals surface area contributed by atoms with Crippen LogP contribution < -0.4 is 4.74 Å². The lowest BCUT2D eigenvalue weighted by Crippen LogP contribution is -1.97. The topological polar surface area (TPSA) is 87.0 Å². The van der Waals surface area contributed by atoms with E-state index in [9.17, 15) is 20.1 Å². The third kappa shape index (κ3) is 2.05. The zero-order valence-electron chi connectivity index (χ0n) is 10.2. The quantitative estimate of drug-likeness (QED) is 0.693. The van der Waals surface area contributed by atoms with Gasteiger partial charge in [0.05, 0.1) is 5.56 Å². The van der Waals surface area contributed by atoms with E-state index in [4.69, 9.17) is 4.74 Å². The number of Topliss-reactive ketones (excluding diaryl/α,β-unsaturated/α-hetero) is 1. The Kier molecular flexibility index (Phi) is 2.61. The number of phenols is 3. The molecule has 5 heteroatoms. The lowest BCUT2D eigenvalue weighted by atomic mass is 10.1. The highest BCUT2D eigenvalue weighted by atomic mass is 16.5. The number of hydrogen-bond donors (Lipinski definition) is 3. The number of rotatable bonds is 1. The first-order valence-electron chi connectivity index (χ1n) is 5.83. The summed E-state index contributed by atoms with van der Waals surface area (Å²) in [6.45, 7) is 0. The van der Waals surface area contributed by atoms with Gasteiger partial charge in [-0.25, -0.2) is 0 Å². The van der Waals surface area contributed by atoms with Crippen molar-refractivity contribution in [2.24, 2.45) is 0 Å². The number of ether oxygens (including phenoxy) is 1. The Morgan fingerprint density at radius 2 is 1.60 bits per heavy atom. The number of phenolic OH excluding ortho intramolecular Hbond substituents is 3. The molecule has 2 aromatic carbocycles. The van der Waals surface area contributed by atoms with E-state index in [1.807, 2.05) is 0 Å². The van der Waals surface area contributed by atoms with E-state index in [1.165, 1.54) is 42.5 Å². The number of carbonyl (C=O) groups is 1. The Morgan fingerprint density at radius 3 is 2.30 bits per heavy atom. The molecule has 0 fully saturated rings. The van der Waals surface area contributed by atoms with Gasteiger partial charge in [-0.2, -0.15) is 0 Å². The largest absolute Gasteiger partial charge is 0.508 e. The van der Waals surface area contributed by atoms with E-state index < -0.39 is 0 Å². The average Bonchev–Trinajstić information content (AvgIpc) is 2.64. The molecule has 20 heavy (non-hydrogen) atoms. The maximum absolute atomic E-state index is 12.1. The molecule has 3 N–H and O–H groups in total. The number of benzene rings is 2. The number of allylic oxidation sites excluding steroid dienone is 1. The van der Waals surface area contributed by atoms with Gasteiger partial charge in [-0.1, -0.05) is 0 Å². The van der Waals surface area contributed by atoms with Crippen LogP contribution in [0.1, 0.15) is 15.9 Å². The summed E-state index contributed by atoms with van der Waals surface area (Å²) in [6.07, 6.45) is 1.42. The number of hydrogen-bond acceptors (Lipinski definition) is 5. The molecule has 0 aliphatic carbocycles. The molecule has 3 rings (SSSR count). The average molecular weight is 270 g/mol. The summed E-state index contributed by atoms with van der Waals surface area (Å²) in [5.41, 5.74) is 0.793. The van der Waals surface area contributed by atoms with Crippen LogP contribution in [-0.2, 0) is 0 Å². The summed E-state index contributed by atoms with van der Waals surface area (Å²) in [4.78, 5) is 12.1. The second kappa shape index (κ2) is 4.31. The number of ketones is 1. The van der Waals surface area contributed by atoms with Crippen LogP contribution in [0.25, 0.3) is 6.08 Å². The predicted molar refractivity (Wildman–Crippen MR) is 70.8 cm³/mol. The molecule has 0 amide bonds. The van der Waals surface area contributed by atoms with Gasteiger partial charge in [0.2, 0.25) is 5.78 Å². The molecule has 0 unspecified atom stereocenters. The molecule has 1 aliphatic rings. The number of carbonyl (C=O) groups excluding carboxylic acids is 1. The minimum atomic E-state index is -0.317. The molecule has 0 radical (unpaired) electrons. The van der Waals surface area contributed by atoms with E-state index in [0.717, 1.165) is 0 Å². The third-order valence-electron chi connectivity index (χ3n) is 2.88. The van der Waals surface area contributed by atoms with Crippen molar-refractivity contribution in [1.82, 2.24) is 0 Å². The van der Waals surface area contributed by atoms with Gasteiger partial charge >= 0.3 is 0 Å². The standard InChI is InChI=1S/C15H10O5/c16-9-1-2-12-13(7-9)20-14(15(12)19)5-8-3-10(17)6-11(18)4-8/h1-7,16-18H/b14-5-. The Hall–Kier alpha value is -2.95. The summed E-state index contributed by atoms with van der Waals surface area (Å²) >= 11 is 0. The highest BCUT2D eigenvalue weighted by Gasteiger charge is 2.27. The summed E-state index contributed by atoms with van der Waals surface area (Å²) in [7, 11) is 0. The van der Waals surface area contributed by atoms with Crippen molar-refractivity contribution in [2.45, 2.75) is 0 Å². The molecule has 0 aromatic heterocycles. The van der Waals surface area contributed by atoms with E-state index in [2.05, 4.69) is 0 Å². The molecule has 0 saturated heterocycles. The van der Waals surface area contributed by atoms with Crippen LogP contribution in [0.3, 0.4) is 0 Å². The van der Waals surface area contributed by atoms with Crippen LogP contribution in [0, 0.1) is 0 Å². The second-order valence-corrected chi connectivity index (χ2v) is 4.40. The molecule has 2 aromatic rings. The van der Waals surface area contributed by atoms with Gasteiger partial charge < -0.3 is 20.1 Å². The molecule has 5 nitrogen and oxygen atoms in total. The van der Waals surface area contributed by atoms with Crippen molar-refractivity contribution in [3.05, 3.63) is 53.3 Å². The van der Waals surface area contributed by atoms with E-state index >= 15 is 0 Å². The van der Waals surface area contributed by atoms with Crippen LogP contribution in [0.15, 0.2) is 42.2 Å². The number of aromatic hydroxyl groups is 3. The van der Waals surface area contributed by atoms with Gasteiger partial charge in [-0.05, 0) is 35.9 Å². The summed E-state index contributed by atoms with van der Waals surface area (Å²) in [5, 5.41) is 28.1. The van der Waals surface area contributed by atoms with E-state index in [0.29, 0.717) is 11.1 Å². The highest BCUT2D eigenvalue weighted by molar-refractivity contribution is 6.14. The molecule has 1 aliphatic heterocycles. The Labute approximate surface area is 114 Å². The molecular formula is C15H10O5. The minimum Gasteiger partial charge on any atom is -0.508 e. The fourth-order valence-corrected chi connectivity index (χ4v) is 2.03. The van der Waals surface area contributed by atoms with Crippen molar-refractivity contribution in [3.63, 3.8) is 0 Å². The molecule has 1 heterocycles. The van der Waals surface area contributed by atoms with Crippen molar-refractivity contribution >= 4 is 11.9 Å². The first kappa shape index (κ1) is 12.1. The zero-order valence-corrected chi connectivity index (χ0v) is 10.2. The van der Waals surface area contributed by atoms with Crippen LogP contribution >= 0.6 is 0 Å². The first-order chi connectivity index (χ1) is 9.52. The molecule has 0 atom stereocenters. The van der Waals surface area contributed by atoms with Gasteiger partial charge in [-0.15, -0.1) is 0 Å². The second-order valence-electron chi connectivity index (χ2n) is 4.40. The predicted octanol–water partition coefficient (Wildman–Crippen LogP) is 2.42. The molecular weight excluding hydrogens is 260 g/mol. The molecule has 100 valence electrons. The molecule has 0 bridgehead atoms. The highest BCUT2D eigenvalue weighted by Crippen LogP contribution is 2.34. The third-order valence-corrected chi connectivity index (χ3v) is 2.88. The Morgan fingerprint density at radius 1 is 0.900 bits per heavy atom. The monoisotopic (exact) mass is 270 g/mol. The Bertz CT molecular complexity index is 726. The van der Waals surface area contributed by atoms with Crippen LogP contribution in [0.5, 0.6) is 23.0 Å². The minimum absolute atomic E-state index is 0.00722. The van der Waals surface area contributed by atoms with Gasteiger partial charge in [0.1, 0.15) is 23.0 Å². The smallest absolute Gasteiger partial charge is 0.231 e. The van der Waals surface area contributed by atoms with Crippen LogP contribution in [-0.4, -0.2) is 21.1 Å². The Balaban J connectivity index is 2.01. The van der Waals surface area contributed by atoms with Crippen molar-refractivity contribution in [1.29, 1.82) is 0 Å². The normalized spacial score (nSPS) is 15.2. The number of fused-ring (bicyclic) bond motifs is 1. The lowest BCUT2D eigenvalue weighted by molar-refractivity contribution is 0.101. The summed E-state index contributed by atoms with van der Waals surface area (Å²) in [6, 6.07) is 8.21. The lowest BCUT2D eigenvalue weighted by Gasteiger charge is -2.00. The summed E-state index contributed by atoms with van der Waals surface area (Å²) < 4.78 is 5.37. The van der Waals surface area contributed by atoms with Crippen LogP contribution in [0.2, 0.25) is 0 Å². The van der Waals surface area contributed by atoms with E-state index in [1.54, 1.807) is 0 Å². The molecule has 0 spiro atoms. The van der Waals surface area contributed by atoms with Gasteiger partial charge in [0.25, 0.3) is 0 Å². The van der Waals surface area contributed by atoms with E-state index in [-0.39, 0.29) is 34.5 Å². The van der Waals surface area contributed by atoms with Crippen molar-refractivity contribution in [2.75, 3.05) is 0 Å².